The molecule has 0 spiro atoms. The molecule has 0 N–H and O–H groups in total. The molecule has 0 bridgehead atoms. The molecule has 0 nitrogen and oxygen atoms in total. The first-order valence-electron chi connectivity index (χ1n) is 6.63. The summed E-state index contributed by atoms with van der Waals surface area (Å²) < 4.78 is 0. The quantitative estimate of drug-likeness (QED) is 0.599. The molecule has 0 saturated heterocycles. The Balaban J connectivity index is 2.52. The highest BCUT2D eigenvalue weighted by Crippen LogP contribution is 2.51. The second-order valence-corrected chi connectivity index (χ2v) is 9.09. The minimum atomic E-state index is 0.539. The fourth-order valence-corrected chi connectivity index (χ4v) is 4.89. The highest BCUT2D eigenvalue weighted by molar-refractivity contribution is 7.40. The monoisotopic (exact) mass is 228 g/mol. The van der Waals surface area contributed by atoms with Gasteiger partial charge in [0.25, 0.3) is 0 Å². The summed E-state index contributed by atoms with van der Waals surface area (Å²) >= 11 is 0. The van der Waals surface area contributed by atoms with Crippen molar-refractivity contribution < 1.29 is 0 Å². The maximum absolute atomic E-state index is 2.41. The largest absolute Gasteiger partial charge is 0.113 e. The molecule has 1 rings (SSSR count). The van der Waals surface area contributed by atoms with E-state index in [1.807, 2.05) is 0 Å². The first-order valence-corrected chi connectivity index (χ1v) is 7.70. The van der Waals surface area contributed by atoms with Crippen LogP contribution in [0.25, 0.3) is 0 Å². The molecule has 0 radical (unpaired) electrons. The van der Waals surface area contributed by atoms with Crippen LogP contribution in [-0.2, 0) is 0 Å². The van der Waals surface area contributed by atoms with Crippen LogP contribution in [0.15, 0.2) is 0 Å². The van der Waals surface area contributed by atoms with Crippen LogP contribution in [0.1, 0.15) is 60.8 Å². The van der Waals surface area contributed by atoms with Gasteiger partial charge in [0, 0.05) is 0 Å². The molecule has 0 amide bonds. The van der Waals surface area contributed by atoms with Gasteiger partial charge in [0.05, 0.1) is 0 Å². The Kier molecular flexibility index (Phi) is 4.65. The third-order valence-corrected chi connectivity index (χ3v) is 5.89. The van der Waals surface area contributed by atoms with Crippen molar-refractivity contribution in [1.82, 2.24) is 0 Å². The van der Waals surface area contributed by atoms with Crippen LogP contribution in [0.2, 0.25) is 0 Å². The molecule has 15 heavy (non-hydrogen) atoms. The van der Waals surface area contributed by atoms with Crippen molar-refractivity contribution in [3.05, 3.63) is 0 Å². The highest BCUT2D eigenvalue weighted by Gasteiger charge is 2.38. The molecule has 4 unspecified atom stereocenters. The predicted molar refractivity (Wildman–Crippen MR) is 73.2 cm³/mol. The zero-order chi connectivity index (χ0) is 11.6. The third kappa shape index (κ3) is 3.74. The molecule has 90 valence electrons. The summed E-state index contributed by atoms with van der Waals surface area (Å²) in [6, 6.07) is 0. The number of hydrogen-bond donors (Lipinski definition) is 0. The zero-order valence-corrected chi connectivity index (χ0v) is 12.4. The summed E-state index contributed by atoms with van der Waals surface area (Å²) in [5.41, 5.74) is 1.01. The smallest absolute Gasteiger partial charge is 0.0203 e. The molecule has 4 atom stereocenters. The van der Waals surface area contributed by atoms with E-state index in [0.29, 0.717) is 5.16 Å². The number of hydrogen-bond acceptors (Lipinski definition) is 0. The molecule has 0 heterocycles. The molecule has 0 aromatic rings. The van der Waals surface area contributed by atoms with Gasteiger partial charge in [-0.3, -0.25) is 0 Å². The lowest BCUT2D eigenvalue weighted by atomic mass is 9.66. The normalized spacial score (nSPS) is 29.8. The Morgan fingerprint density at radius 2 is 1.67 bits per heavy atom. The van der Waals surface area contributed by atoms with Gasteiger partial charge in [-0.1, -0.05) is 41.5 Å². The molecule has 1 saturated carbocycles. The summed E-state index contributed by atoms with van der Waals surface area (Å²) in [5.74, 6) is 2.99. The molecule has 1 aliphatic carbocycles. The average molecular weight is 228 g/mol. The van der Waals surface area contributed by atoms with Crippen molar-refractivity contribution in [2.45, 2.75) is 71.6 Å². The van der Waals surface area contributed by atoms with Gasteiger partial charge in [-0.15, -0.1) is 8.58 Å². The van der Waals surface area contributed by atoms with Crippen molar-refractivity contribution in [2.24, 2.45) is 17.8 Å². The van der Waals surface area contributed by atoms with E-state index in [1.54, 1.807) is 0 Å². The standard InChI is InChI=1S/C14H29P/c1-7-13(15-14(4,5)6)12-9-8-11(12)10(2)3/h10-13,15H,7-9H2,1-6H3. The van der Waals surface area contributed by atoms with Crippen molar-refractivity contribution >= 4 is 8.58 Å². The van der Waals surface area contributed by atoms with Gasteiger partial charge in [0.1, 0.15) is 0 Å². The van der Waals surface area contributed by atoms with Crippen LogP contribution >= 0.6 is 8.58 Å². The van der Waals surface area contributed by atoms with E-state index in [4.69, 9.17) is 0 Å². The van der Waals surface area contributed by atoms with Gasteiger partial charge >= 0.3 is 0 Å². The molecular weight excluding hydrogens is 199 g/mol. The molecular formula is C14H29P. The Bertz CT molecular complexity index is 190. The van der Waals surface area contributed by atoms with Gasteiger partial charge in [-0.25, -0.2) is 0 Å². The minimum absolute atomic E-state index is 0.539. The summed E-state index contributed by atoms with van der Waals surface area (Å²) in [4.78, 5) is 0. The van der Waals surface area contributed by atoms with Crippen LogP contribution in [0.3, 0.4) is 0 Å². The van der Waals surface area contributed by atoms with E-state index in [9.17, 15) is 0 Å². The summed E-state index contributed by atoms with van der Waals surface area (Å²) in [5, 5.41) is 0.539. The zero-order valence-electron chi connectivity index (χ0n) is 11.4. The molecule has 0 aliphatic heterocycles. The van der Waals surface area contributed by atoms with Crippen LogP contribution in [0.4, 0.5) is 0 Å². The topological polar surface area (TPSA) is 0 Å². The summed E-state index contributed by atoms with van der Waals surface area (Å²) in [7, 11) is 1.15. The predicted octanol–water partition coefficient (Wildman–Crippen LogP) is 4.92. The Labute approximate surface area is 98.4 Å². The molecule has 0 aromatic carbocycles. The lowest BCUT2D eigenvalue weighted by Gasteiger charge is -2.46. The fraction of sp³-hybridized carbons (Fsp3) is 1.00. The molecule has 0 aromatic heterocycles. The Morgan fingerprint density at radius 3 is 1.93 bits per heavy atom. The third-order valence-electron chi connectivity index (χ3n) is 3.81. The first kappa shape index (κ1) is 13.5. The number of rotatable bonds is 4. The Hall–Kier alpha value is 0.430. The van der Waals surface area contributed by atoms with Gasteiger partial charge in [0.15, 0.2) is 0 Å². The van der Waals surface area contributed by atoms with Crippen molar-refractivity contribution in [3.8, 4) is 0 Å². The maximum atomic E-state index is 2.41. The first-order chi connectivity index (χ1) is 6.85. The van der Waals surface area contributed by atoms with Crippen molar-refractivity contribution in [2.75, 3.05) is 0 Å². The lowest BCUT2D eigenvalue weighted by Crippen LogP contribution is -2.38. The second kappa shape index (κ2) is 5.17. The SMILES string of the molecule is CCC(PC(C)(C)C)C1CCC1C(C)C. The van der Waals surface area contributed by atoms with Crippen LogP contribution in [-0.4, -0.2) is 10.8 Å². The van der Waals surface area contributed by atoms with Gasteiger partial charge < -0.3 is 0 Å². The second-order valence-electron chi connectivity index (χ2n) is 6.56. The van der Waals surface area contributed by atoms with E-state index >= 15 is 0 Å². The van der Waals surface area contributed by atoms with Crippen LogP contribution in [0, 0.1) is 17.8 Å². The summed E-state index contributed by atoms with van der Waals surface area (Å²) in [6.07, 6.45) is 4.39. The minimum Gasteiger partial charge on any atom is -0.113 e. The molecule has 1 heteroatoms. The van der Waals surface area contributed by atoms with E-state index in [-0.39, 0.29) is 0 Å². The fourth-order valence-electron chi connectivity index (χ4n) is 2.95. The van der Waals surface area contributed by atoms with Crippen molar-refractivity contribution in [1.29, 1.82) is 0 Å². The maximum Gasteiger partial charge on any atom is -0.0203 e. The van der Waals surface area contributed by atoms with Gasteiger partial charge in [0.2, 0.25) is 0 Å². The Morgan fingerprint density at radius 1 is 1.13 bits per heavy atom. The molecule has 1 aliphatic rings. The van der Waals surface area contributed by atoms with E-state index in [1.165, 1.54) is 19.3 Å². The lowest BCUT2D eigenvalue weighted by molar-refractivity contribution is 0.116. The van der Waals surface area contributed by atoms with E-state index < -0.39 is 0 Å². The molecule has 1 fully saturated rings. The van der Waals surface area contributed by atoms with Gasteiger partial charge in [-0.05, 0) is 47.8 Å². The summed E-state index contributed by atoms with van der Waals surface area (Å²) in [6.45, 7) is 14.4. The van der Waals surface area contributed by atoms with Crippen LogP contribution < -0.4 is 0 Å². The van der Waals surface area contributed by atoms with Crippen LogP contribution in [0.5, 0.6) is 0 Å². The highest BCUT2D eigenvalue weighted by atomic mass is 31.1. The van der Waals surface area contributed by atoms with E-state index in [2.05, 4.69) is 41.5 Å². The van der Waals surface area contributed by atoms with Crippen molar-refractivity contribution in [3.63, 3.8) is 0 Å². The van der Waals surface area contributed by atoms with Gasteiger partial charge in [-0.2, -0.15) is 0 Å². The average Bonchev–Trinajstić information content (AvgIpc) is 1.96. The van der Waals surface area contributed by atoms with E-state index in [0.717, 1.165) is 32.0 Å².